The van der Waals surface area contributed by atoms with Crippen molar-refractivity contribution in [3.05, 3.63) is 29.6 Å². The molecule has 4 nitrogen and oxygen atoms in total. The predicted molar refractivity (Wildman–Crippen MR) is 103 cm³/mol. The monoisotopic (exact) mass is 410 g/mol. The molecule has 0 bridgehead atoms. The average Bonchev–Trinajstić information content (AvgIpc) is 3.13. The summed E-state index contributed by atoms with van der Waals surface area (Å²) >= 11 is 0. The van der Waals surface area contributed by atoms with E-state index in [1.54, 1.807) is 19.2 Å². The highest BCUT2D eigenvalue weighted by molar-refractivity contribution is 5.88. The highest BCUT2D eigenvalue weighted by Gasteiger charge is 2.41. The fourth-order valence-electron chi connectivity index (χ4n) is 5.01. The van der Waals surface area contributed by atoms with E-state index >= 15 is 0 Å². The van der Waals surface area contributed by atoms with Gasteiger partial charge in [-0.3, -0.25) is 14.6 Å². The first-order valence-electron chi connectivity index (χ1n) is 10.5. The molecule has 0 N–H and O–H groups in total. The first-order valence-corrected chi connectivity index (χ1v) is 10.5. The number of aryl methyl sites for hydroxylation is 1. The molecular weight excluding hydrogens is 381 g/mol. The molecule has 1 aliphatic carbocycles. The summed E-state index contributed by atoms with van der Waals surface area (Å²) in [5.74, 6) is -0.139. The highest BCUT2D eigenvalue weighted by atomic mass is 19.4. The van der Waals surface area contributed by atoms with Gasteiger partial charge in [-0.25, -0.2) is 0 Å². The molecule has 2 fully saturated rings. The molecule has 0 radical (unpaired) electrons. The fourth-order valence-corrected chi connectivity index (χ4v) is 5.01. The molecule has 1 saturated heterocycles. The minimum atomic E-state index is -4.26. The molecule has 0 spiro atoms. The number of carbonyl (C=O) groups is 2. The Bertz CT molecular complexity index is 742. The first-order chi connectivity index (χ1) is 13.7. The zero-order valence-electron chi connectivity index (χ0n) is 16.9. The average molecular weight is 410 g/mol. The number of rotatable bonds is 6. The molecule has 2 heterocycles. The third-order valence-electron chi connectivity index (χ3n) is 6.50. The van der Waals surface area contributed by atoms with Crippen molar-refractivity contribution in [2.24, 2.45) is 0 Å². The van der Waals surface area contributed by atoms with Gasteiger partial charge < -0.3 is 4.90 Å². The van der Waals surface area contributed by atoms with Gasteiger partial charge in [0.2, 0.25) is 5.91 Å². The third-order valence-corrected chi connectivity index (χ3v) is 6.50. The minimum Gasteiger partial charge on any atom is -0.339 e. The van der Waals surface area contributed by atoms with E-state index in [0.29, 0.717) is 25.8 Å². The maximum absolute atomic E-state index is 12.8. The first kappa shape index (κ1) is 21.8. The van der Waals surface area contributed by atoms with Crippen molar-refractivity contribution in [1.29, 1.82) is 0 Å². The Labute approximate surface area is 169 Å². The minimum absolute atomic E-state index is 0.105. The Morgan fingerprint density at radius 1 is 1.21 bits per heavy atom. The second-order valence-corrected chi connectivity index (χ2v) is 8.41. The van der Waals surface area contributed by atoms with Gasteiger partial charge in [0.25, 0.3) is 0 Å². The maximum Gasteiger partial charge on any atom is 0.391 e. The van der Waals surface area contributed by atoms with E-state index in [9.17, 15) is 22.8 Å². The Balaban J connectivity index is 1.73. The van der Waals surface area contributed by atoms with Gasteiger partial charge in [0.15, 0.2) is 0 Å². The van der Waals surface area contributed by atoms with Crippen LogP contribution < -0.4 is 0 Å². The highest BCUT2D eigenvalue weighted by Crippen LogP contribution is 2.41. The van der Waals surface area contributed by atoms with Crippen LogP contribution in [0.3, 0.4) is 0 Å². The summed E-state index contributed by atoms with van der Waals surface area (Å²) in [6, 6.07) is 2.94. The van der Waals surface area contributed by atoms with Gasteiger partial charge in [-0.2, -0.15) is 13.2 Å². The van der Waals surface area contributed by atoms with Crippen LogP contribution >= 0.6 is 0 Å². The summed E-state index contributed by atoms with van der Waals surface area (Å²) in [4.78, 5) is 31.2. The zero-order valence-corrected chi connectivity index (χ0v) is 16.9. The number of Topliss-reactive ketones (excluding diaryl/α,β-unsaturated/α-hetero) is 1. The number of nitrogens with zero attached hydrogens (tertiary/aromatic N) is 2. The second kappa shape index (κ2) is 8.84. The number of pyridine rings is 1. The number of hydrogen-bond donors (Lipinski definition) is 0. The Morgan fingerprint density at radius 2 is 1.93 bits per heavy atom. The van der Waals surface area contributed by atoms with E-state index < -0.39 is 24.1 Å². The van der Waals surface area contributed by atoms with Crippen LogP contribution in [0.15, 0.2) is 18.3 Å². The summed E-state index contributed by atoms with van der Waals surface area (Å²) in [5.41, 5.74) is 1.03. The Morgan fingerprint density at radius 3 is 2.59 bits per heavy atom. The van der Waals surface area contributed by atoms with Gasteiger partial charge in [0, 0.05) is 25.2 Å². The van der Waals surface area contributed by atoms with Crippen molar-refractivity contribution in [3.63, 3.8) is 0 Å². The van der Waals surface area contributed by atoms with E-state index in [1.165, 1.54) is 4.90 Å². The molecule has 1 aromatic heterocycles. The van der Waals surface area contributed by atoms with Gasteiger partial charge in [0.1, 0.15) is 5.78 Å². The van der Waals surface area contributed by atoms with Crippen molar-refractivity contribution < 1.29 is 22.8 Å². The van der Waals surface area contributed by atoms with Gasteiger partial charge in [-0.15, -0.1) is 0 Å². The standard InChI is InChI=1S/C22H29F3N2O2/c1-16(28)21(11-3-2-4-12-21)20-17(7-5-13-26-20)9-10-19(29)27-14-6-8-18(27)15-22(23,24)25/h5,7,13,18H,2-4,6,8-12,14-15H2,1H3. The molecule has 3 rings (SSSR count). The molecule has 29 heavy (non-hydrogen) atoms. The number of likely N-dealkylation sites (tertiary alicyclic amines) is 1. The SMILES string of the molecule is CC(=O)C1(c2ncccc2CCC(=O)N2CCCC2CC(F)(F)F)CCCCC1. The van der Waals surface area contributed by atoms with E-state index in [2.05, 4.69) is 4.98 Å². The molecular formula is C22H29F3N2O2. The van der Waals surface area contributed by atoms with Crippen LogP contribution in [0, 0.1) is 0 Å². The lowest BCUT2D eigenvalue weighted by Gasteiger charge is -2.36. The number of hydrogen-bond acceptors (Lipinski definition) is 3. The van der Waals surface area contributed by atoms with E-state index in [-0.39, 0.29) is 18.1 Å². The lowest BCUT2D eigenvalue weighted by atomic mass is 9.67. The molecule has 160 valence electrons. The Hall–Kier alpha value is -1.92. The molecule has 1 aliphatic heterocycles. The van der Waals surface area contributed by atoms with Crippen molar-refractivity contribution in [3.8, 4) is 0 Å². The molecule has 1 atom stereocenters. The summed E-state index contributed by atoms with van der Waals surface area (Å²) in [5, 5.41) is 0. The van der Waals surface area contributed by atoms with Crippen molar-refractivity contribution in [2.75, 3.05) is 6.54 Å². The molecule has 1 aromatic rings. The number of alkyl halides is 3. The summed E-state index contributed by atoms with van der Waals surface area (Å²) in [6.07, 6.45) is 2.60. The molecule has 1 saturated carbocycles. The third kappa shape index (κ3) is 4.98. The maximum atomic E-state index is 12.8. The van der Waals surface area contributed by atoms with Crippen LogP contribution in [0.25, 0.3) is 0 Å². The van der Waals surface area contributed by atoms with Crippen LogP contribution in [0.2, 0.25) is 0 Å². The normalized spacial score (nSPS) is 21.9. The largest absolute Gasteiger partial charge is 0.391 e. The number of amides is 1. The lowest BCUT2D eigenvalue weighted by Crippen LogP contribution is -2.39. The zero-order chi connectivity index (χ0) is 21.1. The number of halogens is 3. The summed E-state index contributed by atoms with van der Waals surface area (Å²) < 4.78 is 38.4. The number of aromatic nitrogens is 1. The number of carbonyl (C=O) groups excluding carboxylic acids is 2. The van der Waals surface area contributed by atoms with Crippen LogP contribution in [0.4, 0.5) is 13.2 Å². The van der Waals surface area contributed by atoms with Crippen molar-refractivity contribution >= 4 is 11.7 Å². The van der Waals surface area contributed by atoms with Crippen LogP contribution in [0.5, 0.6) is 0 Å². The van der Waals surface area contributed by atoms with E-state index in [1.807, 2.05) is 6.07 Å². The number of ketones is 1. The summed E-state index contributed by atoms with van der Waals surface area (Å²) in [6.45, 7) is 2.00. The fraction of sp³-hybridized carbons (Fsp3) is 0.682. The van der Waals surface area contributed by atoms with Gasteiger partial charge in [-0.05, 0) is 50.7 Å². The molecule has 1 amide bonds. The van der Waals surface area contributed by atoms with Crippen LogP contribution in [-0.2, 0) is 21.4 Å². The molecule has 2 aliphatic rings. The second-order valence-electron chi connectivity index (χ2n) is 8.41. The van der Waals surface area contributed by atoms with Crippen LogP contribution in [0.1, 0.15) is 76.0 Å². The Kier molecular flexibility index (Phi) is 6.64. The van der Waals surface area contributed by atoms with Crippen LogP contribution in [-0.4, -0.2) is 40.3 Å². The molecule has 0 aromatic carbocycles. The quantitative estimate of drug-likeness (QED) is 0.680. The summed E-state index contributed by atoms with van der Waals surface area (Å²) in [7, 11) is 0. The van der Waals surface area contributed by atoms with E-state index in [4.69, 9.17) is 0 Å². The molecule has 1 unspecified atom stereocenters. The molecule has 7 heteroatoms. The van der Waals surface area contributed by atoms with Gasteiger partial charge >= 0.3 is 6.18 Å². The predicted octanol–water partition coefficient (Wildman–Crippen LogP) is 4.75. The van der Waals surface area contributed by atoms with Crippen molar-refractivity contribution in [1.82, 2.24) is 9.88 Å². The van der Waals surface area contributed by atoms with Crippen molar-refractivity contribution in [2.45, 2.75) is 88.8 Å². The topological polar surface area (TPSA) is 50.3 Å². The lowest BCUT2D eigenvalue weighted by molar-refractivity contribution is -0.151. The van der Waals surface area contributed by atoms with Gasteiger partial charge in [0.05, 0.1) is 17.5 Å². The van der Waals surface area contributed by atoms with E-state index in [0.717, 1.165) is 43.4 Å². The smallest absolute Gasteiger partial charge is 0.339 e. The van der Waals surface area contributed by atoms with Gasteiger partial charge in [-0.1, -0.05) is 25.3 Å².